The van der Waals surface area contributed by atoms with Gasteiger partial charge in [0.1, 0.15) is 5.69 Å². The van der Waals surface area contributed by atoms with Gasteiger partial charge < -0.3 is 4.90 Å². The lowest BCUT2D eigenvalue weighted by Crippen LogP contribution is -2.25. The van der Waals surface area contributed by atoms with E-state index in [0.717, 1.165) is 25.1 Å². The Labute approximate surface area is 110 Å². The van der Waals surface area contributed by atoms with Gasteiger partial charge in [-0.2, -0.15) is 0 Å². The van der Waals surface area contributed by atoms with Crippen molar-refractivity contribution in [2.75, 3.05) is 11.4 Å². The number of hydrogen-bond acceptors (Lipinski definition) is 4. The number of rotatable bonds is 2. The molecule has 1 aromatic carbocycles. The highest BCUT2D eigenvalue weighted by molar-refractivity contribution is 5.73. The van der Waals surface area contributed by atoms with Crippen LogP contribution in [-0.2, 0) is 6.42 Å². The molecule has 96 valence electrons. The maximum atomic E-state index is 11.1. The van der Waals surface area contributed by atoms with Crippen molar-refractivity contribution < 1.29 is 4.92 Å². The Morgan fingerprint density at radius 1 is 1.21 bits per heavy atom. The third-order valence-corrected chi connectivity index (χ3v) is 3.38. The highest BCUT2D eigenvalue weighted by Crippen LogP contribution is 2.37. The van der Waals surface area contributed by atoms with Crippen molar-refractivity contribution in [1.82, 2.24) is 4.98 Å². The van der Waals surface area contributed by atoms with Crippen molar-refractivity contribution in [3.8, 4) is 0 Å². The normalized spacial score (nSPS) is 14.0. The molecule has 0 atom stereocenters. The van der Waals surface area contributed by atoms with Gasteiger partial charge in [-0.3, -0.25) is 15.1 Å². The molecule has 0 unspecified atom stereocenters. The van der Waals surface area contributed by atoms with Crippen molar-refractivity contribution in [3.63, 3.8) is 0 Å². The van der Waals surface area contributed by atoms with Crippen LogP contribution in [0, 0.1) is 10.1 Å². The van der Waals surface area contributed by atoms with Crippen LogP contribution in [0.15, 0.2) is 42.7 Å². The Morgan fingerprint density at radius 3 is 2.89 bits per heavy atom. The van der Waals surface area contributed by atoms with E-state index in [0.29, 0.717) is 5.69 Å². The van der Waals surface area contributed by atoms with Gasteiger partial charge in [-0.25, -0.2) is 0 Å². The standard InChI is InChI=1S/C14H13N3O2/c18-17(19)13-7-8-15-10-14(13)16-9-3-5-11-4-1-2-6-12(11)16/h1-2,4,6-8,10H,3,5,9H2. The van der Waals surface area contributed by atoms with Crippen LogP contribution in [0.1, 0.15) is 12.0 Å². The van der Waals surface area contributed by atoms with Gasteiger partial charge in [0, 0.05) is 24.5 Å². The molecule has 1 aliphatic heterocycles. The fraction of sp³-hybridized carbons (Fsp3) is 0.214. The molecule has 1 aliphatic rings. The minimum atomic E-state index is -0.353. The number of anilines is 2. The monoisotopic (exact) mass is 255 g/mol. The van der Waals surface area contributed by atoms with E-state index in [1.54, 1.807) is 6.20 Å². The van der Waals surface area contributed by atoms with Crippen LogP contribution in [-0.4, -0.2) is 16.5 Å². The van der Waals surface area contributed by atoms with E-state index < -0.39 is 0 Å². The minimum Gasteiger partial charge on any atom is -0.334 e. The third-order valence-electron chi connectivity index (χ3n) is 3.38. The number of aromatic nitrogens is 1. The van der Waals surface area contributed by atoms with Crippen LogP contribution in [0.4, 0.5) is 17.1 Å². The highest BCUT2D eigenvalue weighted by Gasteiger charge is 2.24. The van der Waals surface area contributed by atoms with Gasteiger partial charge in [0.15, 0.2) is 0 Å². The van der Waals surface area contributed by atoms with Gasteiger partial charge in [-0.1, -0.05) is 18.2 Å². The van der Waals surface area contributed by atoms with E-state index in [1.807, 2.05) is 23.1 Å². The Hall–Kier alpha value is -2.43. The van der Waals surface area contributed by atoms with Gasteiger partial charge in [0.2, 0.25) is 0 Å². The topological polar surface area (TPSA) is 59.3 Å². The number of nitro groups is 1. The summed E-state index contributed by atoms with van der Waals surface area (Å²) < 4.78 is 0. The first kappa shape index (κ1) is 11.6. The lowest BCUT2D eigenvalue weighted by molar-refractivity contribution is -0.384. The molecule has 3 rings (SSSR count). The average Bonchev–Trinajstić information content (AvgIpc) is 2.46. The molecule has 0 saturated carbocycles. The lowest BCUT2D eigenvalue weighted by atomic mass is 10.0. The van der Waals surface area contributed by atoms with Crippen LogP contribution in [0.25, 0.3) is 0 Å². The first-order valence-electron chi connectivity index (χ1n) is 6.21. The summed E-state index contributed by atoms with van der Waals surface area (Å²) in [6, 6.07) is 9.49. The fourth-order valence-corrected chi connectivity index (χ4v) is 2.52. The second-order valence-corrected chi connectivity index (χ2v) is 4.51. The molecule has 2 heterocycles. The third kappa shape index (κ3) is 2.03. The summed E-state index contributed by atoms with van der Waals surface area (Å²) in [5.74, 6) is 0. The molecule has 0 radical (unpaired) electrons. The van der Waals surface area contributed by atoms with E-state index in [-0.39, 0.29) is 10.6 Å². The number of nitrogens with zero attached hydrogens (tertiary/aromatic N) is 3. The zero-order chi connectivity index (χ0) is 13.2. The van der Waals surface area contributed by atoms with Gasteiger partial charge in [-0.15, -0.1) is 0 Å². The number of hydrogen-bond donors (Lipinski definition) is 0. The summed E-state index contributed by atoms with van der Waals surface area (Å²) in [4.78, 5) is 16.8. The van der Waals surface area contributed by atoms with E-state index in [2.05, 4.69) is 11.1 Å². The molecular formula is C14H13N3O2. The molecule has 0 saturated heterocycles. The predicted octanol–water partition coefficient (Wildman–Crippen LogP) is 3.07. The van der Waals surface area contributed by atoms with Gasteiger partial charge in [0.05, 0.1) is 11.1 Å². The summed E-state index contributed by atoms with van der Waals surface area (Å²) in [6.07, 6.45) is 5.03. The fourth-order valence-electron chi connectivity index (χ4n) is 2.52. The van der Waals surface area contributed by atoms with Gasteiger partial charge >= 0.3 is 0 Å². The van der Waals surface area contributed by atoms with Gasteiger partial charge in [0.25, 0.3) is 5.69 Å². The van der Waals surface area contributed by atoms with Crippen molar-refractivity contribution in [2.24, 2.45) is 0 Å². The smallest absolute Gasteiger partial charge is 0.296 e. The first-order chi connectivity index (χ1) is 9.27. The number of benzene rings is 1. The second-order valence-electron chi connectivity index (χ2n) is 4.51. The number of fused-ring (bicyclic) bond motifs is 1. The van der Waals surface area contributed by atoms with Crippen molar-refractivity contribution >= 4 is 17.1 Å². The molecule has 0 amide bonds. The van der Waals surface area contributed by atoms with Crippen molar-refractivity contribution in [1.29, 1.82) is 0 Å². The van der Waals surface area contributed by atoms with E-state index in [9.17, 15) is 10.1 Å². The molecule has 0 aliphatic carbocycles. The van der Waals surface area contributed by atoms with E-state index in [4.69, 9.17) is 0 Å². The molecule has 0 N–H and O–H groups in total. The maximum absolute atomic E-state index is 11.1. The zero-order valence-electron chi connectivity index (χ0n) is 10.3. The molecule has 19 heavy (non-hydrogen) atoms. The van der Waals surface area contributed by atoms with Crippen LogP contribution >= 0.6 is 0 Å². The summed E-state index contributed by atoms with van der Waals surface area (Å²) in [7, 11) is 0. The maximum Gasteiger partial charge on any atom is 0.296 e. The van der Waals surface area contributed by atoms with Gasteiger partial charge in [-0.05, 0) is 24.5 Å². The number of aryl methyl sites for hydroxylation is 1. The highest BCUT2D eigenvalue weighted by atomic mass is 16.6. The number of pyridine rings is 1. The summed E-state index contributed by atoms with van der Waals surface area (Å²) in [5, 5.41) is 11.1. The lowest BCUT2D eigenvalue weighted by Gasteiger charge is -2.30. The second kappa shape index (κ2) is 4.68. The molecule has 1 aromatic heterocycles. The number of para-hydroxylation sites is 1. The zero-order valence-corrected chi connectivity index (χ0v) is 10.3. The molecule has 0 spiro atoms. The van der Waals surface area contributed by atoms with E-state index in [1.165, 1.54) is 17.8 Å². The van der Waals surface area contributed by atoms with Crippen LogP contribution < -0.4 is 4.90 Å². The Kier molecular flexibility index (Phi) is 2.87. The summed E-state index contributed by atoms with van der Waals surface area (Å²) in [5.41, 5.74) is 2.95. The van der Waals surface area contributed by atoms with E-state index >= 15 is 0 Å². The molecule has 0 bridgehead atoms. The molecule has 2 aromatic rings. The minimum absolute atomic E-state index is 0.103. The predicted molar refractivity (Wildman–Crippen MR) is 72.7 cm³/mol. The quantitative estimate of drug-likeness (QED) is 0.611. The van der Waals surface area contributed by atoms with Crippen molar-refractivity contribution in [3.05, 3.63) is 58.4 Å². The molecule has 0 fully saturated rings. The molecule has 5 heteroatoms. The first-order valence-corrected chi connectivity index (χ1v) is 6.21. The summed E-state index contributed by atoms with van der Waals surface area (Å²) >= 11 is 0. The SMILES string of the molecule is O=[N+]([O-])c1ccncc1N1CCCc2ccccc21. The summed E-state index contributed by atoms with van der Waals surface area (Å²) in [6.45, 7) is 0.781. The van der Waals surface area contributed by atoms with Crippen LogP contribution in [0.3, 0.4) is 0 Å². The Morgan fingerprint density at radius 2 is 2.05 bits per heavy atom. The van der Waals surface area contributed by atoms with Crippen LogP contribution in [0.2, 0.25) is 0 Å². The van der Waals surface area contributed by atoms with Crippen molar-refractivity contribution in [2.45, 2.75) is 12.8 Å². The largest absolute Gasteiger partial charge is 0.334 e. The Bertz CT molecular complexity index is 628. The average molecular weight is 255 g/mol. The molecular weight excluding hydrogens is 242 g/mol. The molecule has 5 nitrogen and oxygen atoms in total. The Balaban J connectivity index is 2.12. The van der Waals surface area contributed by atoms with Crippen LogP contribution in [0.5, 0.6) is 0 Å².